The summed E-state index contributed by atoms with van der Waals surface area (Å²) in [6.45, 7) is 3.57. The van der Waals surface area contributed by atoms with Crippen LogP contribution in [0.5, 0.6) is 0 Å². The molecule has 1 aromatic heterocycles. The number of nitrogens with one attached hydrogen (secondary N) is 1. The van der Waals surface area contributed by atoms with Crippen LogP contribution in [0.4, 0.5) is 5.95 Å². The first kappa shape index (κ1) is 13.8. The van der Waals surface area contributed by atoms with Gasteiger partial charge in [-0.3, -0.25) is 9.36 Å². The summed E-state index contributed by atoms with van der Waals surface area (Å²) < 4.78 is 2.12. The van der Waals surface area contributed by atoms with Gasteiger partial charge in [-0.15, -0.1) is 0 Å². The second kappa shape index (κ2) is 5.09. The summed E-state index contributed by atoms with van der Waals surface area (Å²) in [5.74, 6) is 0.856. The van der Waals surface area contributed by atoms with Crippen LogP contribution in [0.15, 0.2) is 65.9 Å². The molecule has 0 saturated heterocycles. The Morgan fingerprint density at radius 3 is 2.52 bits per heavy atom. The number of rotatable bonds is 2. The number of benzene rings is 2. The van der Waals surface area contributed by atoms with Gasteiger partial charge >= 0.3 is 0 Å². The van der Waals surface area contributed by atoms with Gasteiger partial charge in [0.25, 0.3) is 0 Å². The van der Waals surface area contributed by atoms with Crippen LogP contribution in [0, 0.1) is 0 Å². The van der Waals surface area contributed by atoms with Gasteiger partial charge in [0.2, 0.25) is 5.95 Å². The molecule has 0 aliphatic carbocycles. The summed E-state index contributed by atoms with van der Waals surface area (Å²) in [6.07, 6.45) is 0. The SMILES string of the molecule is CC(=O)C1=C(C)Nc2nc3ccccc3n2[C@H]1c1ccccc1. The van der Waals surface area contributed by atoms with E-state index in [-0.39, 0.29) is 11.8 Å². The average Bonchev–Trinajstić information content (AvgIpc) is 2.91. The Kier molecular flexibility index (Phi) is 3.05. The topological polar surface area (TPSA) is 46.9 Å². The number of fused-ring (bicyclic) bond motifs is 3. The predicted molar refractivity (Wildman–Crippen MR) is 91.3 cm³/mol. The number of hydrogen-bond acceptors (Lipinski definition) is 3. The number of hydrogen-bond donors (Lipinski definition) is 1. The summed E-state index contributed by atoms with van der Waals surface area (Å²) in [5, 5.41) is 3.29. The van der Waals surface area contributed by atoms with E-state index in [1.807, 2.05) is 49.4 Å². The third kappa shape index (κ3) is 2.06. The molecule has 1 aliphatic rings. The zero-order chi connectivity index (χ0) is 16.0. The van der Waals surface area contributed by atoms with E-state index in [1.54, 1.807) is 6.92 Å². The van der Waals surface area contributed by atoms with Crippen molar-refractivity contribution in [1.29, 1.82) is 0 Å². The highest BCUT2D eigenvalue weighted by atomic mass is 16.1. The van der Waals surface area contributed by atoms with Gasteiger partial charge in [0.05, 0.1) is 17.1 Å². The number of nitrogens with zero attached hydrogens (tertiary/aromatic N) is 2. The number of carbonyl (C=O) groups excluding carboxylic acids is 1. The van der Waals surface area contributed by atoms with Gasteiger partial charge in [-0.1, -0.05) is 42.5 Å². The van der Waals surface area contributed by atoms with Gasteiger partial charge < -0.3 is 5.32 Å². The highest BCUT2D eigenvalue weighted by Crippen LogP contribution is 2.39. The second-order valence-corrected chi connectivity index (χ2v) is 5.83. The van der Waals surface area contributed by atoms with Crippen LogP contribution >= 0.6 is 0 Å². The van der Waals surface area contributed by atoms with Crippen molar-refractivity contribution in [1.82, 2.24) is 9.55 Å². The quantitative estimate of drug-likeness (QED) is 0.780. The molecule has 4 heteroatoms. The second-order valence-electron chi connectivity index (χ2n) is 5.83. The largest absolute Gasteiger partial charge is 0.329 e. The van der Waals surface area contributed by atoms with E-state index in [9.17, 15) is 4.79 Å². The summed E-state index contributed by atoms with van der Waals surface area (Å²) in [4.78, 5) is 17.0. The molecule has 1 atom stereocenters. The molecule has 3 aromatic rings. The van der Waals surface area contributed by atoms with Crippen LogP contribution in [0.2, 0.25) is 0 Å². The minimum Gasteiger partial charge on any atom is -0.329 e. The van der Waals surface area contributed by atoms with Gasteiger partial charge in [0, 0.05) is 11.3 Å². The Morgan fingerprint density at radius 2 is 1.78 bits per heavy atom. The first-order chi connectivity index (χ1) is 11.2. The lowest BCUT2D eigenvalue weighted by Gasteiger charge is -2.30. The monoisotopic (exact) mass is 303 g/mol. The first-order valence-electron chi connectivity index (χ1n) is 7.67. The Balaban J connectivity index is 2.05. The standard InChI is InChI=1S/C19H17N3O/c1-12-17(13(2)23)18(14-8-4-3-5-9-14)22-16-11-7-6-10-15(16)21-19(22)20-12/h3-11,18H,1-2H3,(H,20,21)/t18-/m0/s1. The molecular weight excluding hydrogens is 286 g/mol. The molecule has 1 N–H and O–H groups in total. The molecule has 2 aromatic carbocycles. The lowest BCUT2D eigenvalue weighted by molar-refractivity contribution is -0.114. The maximum atomic E-state index is 12.3. The molecule has 0 fully saturated rings. The number of anilines is 1. The fourth-order valence-electron chi connectivity index (χ4n) is 3.37. The number of ketones is 1. The molecule has 4 nitrogen and oxygen atoms in total. The lowest BCUT2D eigenvalue weighted by Crippen LogP contribution is -2.26. The fraction of sp³-hybridized carbons (Fsp3) is 0.158. The van der Waals surface area contributed by atoms with Crippen LogP contribution in [0.1, 0.15) is 25.5 Å². The molecule has 0 saturated carbocycles. The normalized spacial score (nSPS) is 17.0. The molecule has 0 radical (unpaired) electrons. The first-order valence-corrected chi connectivity index (χ1v) is 7.67. The molecular formula is C19H17N3O. The lowest BCUT2D eigenvalue weighted by atomic mass is 9.93. The van der Waals surface area contributed by atoms with Crippen molar-refractivity contribution in [2.75, 3.05) is 5.32 Å². The Hall–Kier alpha value is -2.88. The van der Waals surface area contributed by atoms with Gasteiger partial charge in [0.15, 0.2) is 5.78 Å². The minimum absolute atomic E-state index is 0.0762. The average molecular weight is 303 g/mol. The number of para-hydroxylation sites is 2. The Morgan fingerprint density at radius 1 is 1.09 bits per heavy atom. The summed E-state index contributed by atoms with van der Waals surface area (Å²) in [7, 11) is 0. The van der Waals surface area contributed by atoms with Gasteiger partial charge in [-0.2, -0.15) is 0 Å². The van der Waals surface area contributed by atoms with Gasteiger partial charge in [-0.25, -0.2) is 4.98 Å². The zero-order valence-electron chi connectivity index (χ0n) is 13.1. The Labute approximate surface area is 134 Å². The number of Topliss-reactive ketones (excluding diaryl/α,β-unsaturated/α-hetero) is 1. The third-order valence-corrected chi connectivity index (χ3v) is 4.33. The van der Waals surface area contributed by atoms with Crippen LogP contribution in [0.25, 0.3) is 11.0 Å². The van der Waals surface area contributed by atoms with Crippen molar-refractivity contribution >= 4 is 22.8 Å². The molecule has 0 amide bonds. The van der Waals surface area contributed by atoms with Crippen molar-refractivity contribution in [3.05, 3.63) is 71.4 Å². The number of allylic oxidation sites excluding steroid dienone is 2. The molecule has 0 spiro atoms. The van der Waals surface area contributed by atoms with E-state index < -0.39 is 0 Å². The Bertz CT molecular complexity index is 938. The highest BCUT2D eigenvalue weighted by molar-refractivity contribution is 5.97. The van der Waals surface area contributed by atoms with E-state index >= 15 is 0 Å². The van der Waals surface area contributed by atoms with Gasteiger partial charge in [-0.05, 0) is 31.5 Å². The van der Waals surface area contributed by atoms with Crippen LogP contribution < -0.4 is 5.32 Å². The van der Waals surface area contributed by atoms with Crippen molar-refractivity contribution < 1.29 is 4.79 Å². The molecule has 23 heavy (non-hydrogen) atoms. The summed E-state index contributed by atoms with van der Waals surface area (Å²) in [6, 6.07) is 18.0. The predicted octanol–water partition coefficient (Wildman–Crippen LogP) is 3.91. The minimum atomic E-state index is -0.155. The fourth-order valence-corrected chi connectivity index (χ4v) is 3.37. The van der Waals surface area contributed by atoms with Crippen LogP contribution in [-0.4, -0.2) is 15.3 Å². The van der Waals surface area contributed by atoms with Gasteiger partial charge in [0.1, 0.15) is 0 Å². The smallest absolute Gasteiger partial charge is 0.209 e. The van der Waals surface area contributed by atoms with E-state index in [1.165, 1.54) is 0 Å². The third-order valence-electron chi connectivity index (χ3n) is 4.33. The molecule has 0 bridgehead atoms. The maximum absolute atomic E-state index is 12.3. The van der Waals surface area contributed by atoms with Crippen molar-refractivity contribution in [2.24, 2.45) is 0 Å². The highest BCUT2D eigenvalue weighted by Gasteiger charge is 2.32. The maximum Gasteiger partial charge on any atom is 0.209 e. The summed E-state index contributed by atoms with van der Waals surface area (Å²) >= 11 is 0. The zero-order valence-corrected chi connectivity index (χ0v) is 13.1. The van der Waals surface area contributed by atoms with E-state index in [2.05, 4.69) is 27.0 Å². The van der Waals surface area contributed by atoms with Crippen LogP contribution in [-0.2, 0) is 4.79 Å². The van der Waals surface area contributed by atoms with Crippen LogP contribution in [0.3, 0.4) is 0 Å². The number of aromatic nitrogens is 2. The van der Waals surface area contributed by atoms with E-state index in [0.717, 1.165) is 33.8 Å². The molecule has 0 unspecified atom stereocenters. The van der Waals surface area contributed by atoms with E-state index in [0.29, 0.717) is 0 Å². The van der Waals surface area contributed by atoms with Crippen molar-refractivity contribution in [2.45, 2.75) is 19.9 Å². The van der Waals surface area contributed by atoms with Crippen molar-refractivity contribution in [3.8, 4) is 0 Å². The molecule has 2 heterocycles. The van der Waals surface area contributed by atoms with E-state index in [4.69, 9.17) is 0 Å². The molecule has 4 rings (SSSR count). The molecule has 114 valence electrons. The molecule has 1 aliphatic heterocycles. The van der Waals surface area contributed by atoms with Crippen molar-refractivity contribution in [3.63, 3.8) is 0 Å². The number of carbonyl (C=O) groups is 1. The summed E-state index contributed by atoms with van der Waals surface area (Å²) in [5.41, 5.74) is 4.69. The number of imidazole rings is 1.